The van der Waals surface area contributed by atoms with Crippen molar-refractivity contribution in [1.82, 2.24) is 0 Å². The van der Waals surface area contributed by atoms with Crippen molar-refractivity contribution in [2.45, 2.75) is 19.8 Å². The van der Waals surface area contributed by atoms with E-state index in [0.717, 1.165) is 19.1 Å². The summed E-state index contributed by atoms with van der Waals surface area (Å²) in [4.78, 5) is 1.66. The highest BCUT2D eigenvalue weighted by Crippen LogP contribution is 2.16. The first-order valence-corrected chi connectivity index (χ1v) is 7.83. The van der Waals surface area contributed by atoms with Gasteiger partial charge in [0.25, 0.3) is 0 Å². The van der Waals surface area contributed by atoms with Gasteiger partial charge in [0.1, 0.15) is 25.0 Å². The van der Waals surface area contributed by atoms with Gasteiger partial charge in [0.05, 0.1) is 31.9 Å². The number of nitriles is 1. The fraction of sp³-hybridized carbons (Fsp3) is 0.588. The van der Waals surface area contributed by atoms with Gasteiger partial charge in [-0.25, -0.2) is 0 Å². The second-order valence-electron chi connectivity index (χ2n) is 5.75. The maximum atomic E-state index is 8.96. The third kappa shape index (κ3) is 5.37. The molecule has 1 fully saturated rings. The Morgan fingerprint density at radius 2 is 1.95 bits per heavy atom. The molecular weight excluding hydrogens is 264 g/mol. The lowest BCUT2D eigenvalue weighted by Crippen LogP contribution is -3.13. The van der Waals surface area contributed by atoms with Gasteiger partial charge in [0.15, 0.2) is 0 Å². The minimum atomic E-state index is 0.491. The summed E-state index contributed by atoms with van der Waals surface area (Å²) in [6.07, 6.45) is 2.67. The Labute approximate surface area is 127 Å². The summed E-state index contributed by atoms with van der Waals surface area (Å²) in [5, 5.41) is 8.96. The van der Waals surface area contributed by atoms with Gasteiger partial charge in [-0.1, -0.05) is 19.1 Å². The summed E-state index contributed by atoms with van der Waals surface area (Å²) < 4.78 is 11.2. The normalized spacial score (nSPS) is 21.7. The lowest BCUT2D eigenvalue weighted by molar-refractivity contribution is -0.906. The van der Waals surface area contributed by atoms with E-state index in [0.29, 0.717) is 24.5 Å². The summed E-state index contributed by atoms with van der Waals surface area (Å²) in [6, 6.07) is 9.41. The SMILES string of the molecule is CC1CC[NH+](CCOCCOc2ccccc2C#N)CC1. The summed E-state index contributed by atoms with van der Waals surface area (Å²) >= 11 is 0. The van der Waals surface area contributed by atoms with Crippen LogP contribution in [0.3, 0.4) is 0 Å². The molecule has 114 valence electrons. The van der Waals surface area contributed by atoms with Crippen LogP contribution in [0.1, 0.15) is 25.3 Å². The minimum absolute atomic E-state index is 0.491. The fourth-order valence-corrected chi connectivity index (χ4v) is 2.63. The Morgan fingerprint density at radius 1 is 1.19 bits per heavy atom. The van der Waals surface area contributed by atoms with Crippen LogP contribution in [0.2, 0.25) is 0 Å². The van der Waals surface area contributed by atoms with Gasteiger partial charge in [0, 0.05) is 0 Å². The third-order valence-corrected chi connectivity index (χ3v) is 4.07. The average molecular weight is 289 g/mol. The number of nitrogens with one attached hydrogen (secondary N) is 1. The van der Waals surface area contributed by atoms with Gasteiger partial charge in [-0.3, -0.25) is 0 Å². The average Bonchev–Trinajstić information content (AvgIpc) is 2.53. The van der Waals surface area contributed by atoms with E-state index in [-0.39, 0.29) is 0 Å². The van der Waals surface area contributed by atoms with Crippen LogP contribution in [0, 0.1) is 17.2 Å². The largest absolute Gasteiger partial charge is 0.490 e. The van der Waals surface area contributed by atoms with E-state index >= 15 is 0 Å². The molecular formula is C17H25N2O2+. The van der Waals surface area contributed by atoms with Gasteiger partial charge < -0.3 is 14.4 Å². The summed E-state index contributed by atoms with van der Waals surface area (Å²) in [5.41, 5.74) is 0.574. The van der Waals surface area contributed by atoms with Gasteiger partial charge >= 0.3 is 0 Å². The zero-order valence-corrected chi connectivity index (χ0v) is 12.8. The topological polar surface area (TPSA) is 46.7 Å². The van der Waals surface area contributed by atoms with E-state index < -0.39 is 0 Å². The van der Waals surface area contributed by atoms with E-state index in [9.17, 15) is 0 Å². The quantitative estimate of drug-likeness (QED) is 0.769. The van der Waals surface area contributed by atoms with Crippen LogP contribution in [0.15, 0.2) is 24.3 Å². The molecule has 0 spiro atoms. The molecule has 0 radical (unpaired) electrons. The number of piperidine rings is 1. The number of hydrogen-bond acceptors (Lipinski definition) is 3. The summed E-state index contributed by atoms with van der Waals surface area (Å²) in [7, 11) is 0. The summed E-state index contributed by atoms with van der Waals surface area (Å²) in [5.74, 6) is 1.53. The van der Waals surface area contributed by atoms with Crippen LogP contribution in [0.4, 0.5) is 0 Å². The van der Waals surface area contributed by atoms with Crippen LogP contribution in [-0.4, -0.2) is 39.5 Å². The highest BCUT2D eigenvalue weighted by molar-refractivity contribution is 5.42. The van der Waals surface area contributed by atoms with Crippen molar-refractivity contribution in [3.8, 4) is 11.8 Å². The number of quaternary nitrogens is 1. The monoisotopic (exact) mass is 289 g/mol. The first-order chi connectivity index (χ1) is 10.3. The number of likely N-dealkylation sites (tertiary alicyclic amines) is 1. The van der Waals surface area contributed by atoms with Crippen LogP contribution in [0.25, 0.3) is 0 Å². The molecule has 21 heavy (non-hydrogen) atoms. The zero-order valence-electron chi connectivity index (χ0n) is 12.8. The molecule has 1 aromatic rings. The number of benzene rings is 1. The molecule has 0 amide bonds. The first kappa shape index (κ1) is 15.8. The van der Waals surface area contributed by atoms with Crippen molar-refractivity contribution in [3.05, 3.63) is 29.8 Å². The standard InChI is InChI=1S/C17H24N2O2/c1-15-6-8-19(9-7-15)10-11-20-12-13-21-17-5-3-2-4-16(17)14-18/h2-5,15H,6-13H2,1H3/p+1. The maximum absolute atomic E-state index is 8.96. The Bertz CT molecular complexity index is 462. The number of rotatable bonds is 7. The Balaban J connectivity index is 1.55. The molecule has 1 aliphatic rings. The number of nitrogens with zero attached hydrogens (tertiary/aromatic N) is 1. The van der Waals surface area contributed by atoms with Gasteiger partial charge in [-0.05, 0) is 30.9 Å². The number of para-hydroxylation sites is 1. The molecule has 0 bridgehead atoms. The number of hydrogen-bond donors (Lipinski definition) is 1. The molecule has 1 saturated heterocycles. The van der Waals surface area contributed by atoms with Crippen molar-refractivity contribution in [1.29, 1.82) is 5.26 Å². The highest BCUT2D eigenvalue weighted by Gasteiger charge is 2.18. The lowest BCUT2D eigenvalue weighted by atomic mass is 9.99. The Hall–Kier alpha value is -1.57. The minimum Gasteiger partial charge on any atom is -0.490 e. The summed E-state index contributed by atoms with van der Waals surface area (Å²) in [6.45, 7) is 7.82. The van der Waals surface area contributed by atoms with Gasteiger partial charge in [0.2, 0.25) is 0 Å². The van der Waals surface area contributed by atoms with Crippen molar-refractivity contribution in [2.75, 3.05) is 39.5 Å². The molecule has 4 nitrogen and oxygen atoms in total. The van der Waals surface area contributed by atoms with E-state index in [1.165, 1.54) is 25.9 Å². The second-order valence-corrected chi connectivity index (χ2v) is 5.75. The molecule has 2 rings (SSSR count). The van der Waals surface area contributed by atoms with Crippen molar-refractivity contribution in [3.63, 3.8) is 0 Å². The van der Waals surface area contributed by atoms with Gasteiger partial charge in [-0.15, -0.1) is 0 Å². The van der Waals surface area contributed by atoms with Crippen LogP contribution < -0.4 is 9.64 Å². The molecule has 0 aromatic heterocycles. The Kier molecular flexibility index (Phi) is 6.52. The second kappa shape index (κ2) is 8.66. The van der Waals surface area contributed by atoms with Crippen LogP contribution >= 0.6 is 0 Å². The van der Waals surface area contributed by atoms with Gasteiger partial charge in [-0.2, -0.15) is 5.26 Å². The molecule has 0 atom stereocenters. The van der Waals surface area contributed by atoms with Crippen molar-refractivity contribution < 1.29 is 14.4 Å². The van der Waals surface area contributed by atoms with Crippen LogP contribution in [0.5, 0.6) is 5.75 Å². The first-order valence-electron chi connectivity index (χ1n) is 7.83. The van der Waals surface area contributed by atoms with E-state index in [1.54, 1.807) is 11.0 Å². The molecule has 1 aliphatic heterocycles. The highest BCUT2D eigenvalue weighted by atomic mass is 16.5. The molecule has 1 aromatic carbocycles. The predicted octanol–water partition coefficient (Wildman–Crippen LogP) is 1.27. The fourth-order valence-electron chi connectivity index (χ4n) is 2.63. The predicted molar refractivity (Wildman–Crippen MR) is 81.4 cm³/mol. The van der Waals surface area contributed by atoms with E-state index in [2.05, 4.69) is 13.0 Å². The molecule has 1 heterocycles. The third-order valence-electron chi connectivity index (χ3n) is 4.07. The smallest absolute Gasteiger partial charge is 0.137 e. The van der Waals surface area contributed by atoms with E-state index in [4.69, 9.17) is 14.7 Å². The van der Waals surface area contributed by atoms with Crippen molar-refractivity contribution in [2.24, 2.45) is 5.92 Å². The zero-order chi connectivity index (χ0) is 14.9. The molecule has 0 unspecified atom stereocenters. The molecule has 4 heteroatoms. The molecule has 1 N–H and O–H groups in total. The maximum Gasteiger partial charge on any atom is 0.137 e. The van der Waals surface area contributed by atoms with Crippen molar-refractivity contribution >= 4 is 0 Å². The Morgan fingerprint density at radius 3 is 2.71 bits per heavy atom. The lowest BCUT2D eigenvalue weighted by Gasteiger charge is -2.27. The molecule has 0 saturated carbocycles. The molecule has 0 aliphatic carbocycles. The van der Waals surface area contributed by atoms with E-state index in [1.807, 2.05) is 18.2 Å². The number of ether oxygens (including phenoxy) is 2. The van der Waals surface area contributed by atoms with Crippen LogP contribution in [-0.2, 0) is 4.74 Å².